The normalized spacial score (nSPS) is 23.4. The van der Waals surface area contributed by atoms with Crippen LogP contribution in [0.5, 0.6) is 5.75 Å². The zero-order valence-corrected chi connectivity index (χ0v) is 22.7. The van der Waals surface area contributed by atoms with E-state index < -0.39 is 5.60 Å². The van der Waals surface area contributed by atoms with Gasteiger partial charge in [-0.15, -0.1) is 6.58 Å². The smallest absolute Gasteiger partial charge is 0.278 e. The Labute approximate surface area is 231 Å². The molecule has 40 heavy (non-hydrogen) atoms. The number of ether oxygens (including phenoxy) is 1. The maximum Gasteiger partial charge on any atom is 0.278 e. The van der Waals surface area contributed by atoms with Gasteiger partial charge in [-0.2, -0.15) is 4.98 Å². The molecule has 2 atom stereocenters. The highest BCUT2D eigenvalue weighted by atomic mass is 16.5. The first-order valence-electron chi connectivity index (χ1n) is 13.9. The van der Waals surface area contributed by atoms with Gasteiger partial charge in [-0.3, -0.25) is 9.69 Å². The van der Waals surface area contributed by atoms with Gasteiger partial charge in [-0.1, -0.05) is 12.1 Å². The van der Waals surface area contributed by atoms with Crippen molar-refractivity contribution >= 4 is 22.7 Å². The summed E-state index contributed by atoms with van der Waals surface area (Å²) in [6, 6.07) is 11.9. The Hall–Kier alpha value is -4.02. The van der Waals surface area contributed by atoms with Gasteiger partial charge in [-0.25, -0.2) is 19.3 Å². The first-order valence-corrected chi connectivity index (χ1v) is 13.9. The summed E-state index contributed by atoms with van der Waals surface area (Å²) in [5.41, 5.74) is 1.56. The van der Waals surface area contributed by atoms with E-state index in [1.54, 1.807) is 49.0 Å². The number of pyridine rings is 1. The maximum atomic E-state index is 13.3. The second-order valence-electron chi connectivity index (χ2n) is 11.5. The van der Waals surface area contributed by atoms with Crippen LogP contribution in [-0.2, 0) is 18.6 Å². The Morgan fingerprint density at radius 1 is 1.20 bits per heavy atom. The van der Waals surface area contributed by atoms with Gasteiger partial charge in [-0.05, 0) is 88.0 Å². The molecule has 4 aliphatic rings. The van der Waals surface area contributed by atoms with E-state index in [0.717, 1.165) is 30.9 Å². The number of piperidine rings is 3. The lowest BCUT2D eigenvalue weighted by Crippen LogP contribution is -2.61. The van der Waals surface area contributed by atoms with Crippen molar-refractivity contribution in [2.24, 2.45) is 5.92 Å². The van der Waals surface area contributed by atoms with E-state index >= 15 is 0 Å². The van der Waals surface area contributed by atoms with Gasteiger partial charge in [0.15, 0.2) is 11.5 Å². The number of hydrogen-bond acceptors (Lipinski definition) is 8. The third-order valence-electron chi connectivity index (χ3n) is 8.45. The molecule has 3 fully saturated rings. The zero-order valence-electron chi connectivity index (χ0n) is 22.7. The fourth-order valence-electron chi connectivity index (χ4n) is 6.44. The topological polar surface area (TPSA) is 110 Å². The van der Waals surface area contributed by atoms with Crippen LogP contribution in [-0.4, -0.2) is 59.6 Å². The molecule has 0 saturated carbocycles. The second kappa shape index (κ2) is 9.28. The van der Waals surface area contributed by atoms with Crippen molar-refractivity contribution in [3.05, 3.63) is 76.9 Å². The van der Waals surface area contributed by atoms with E-state index in [9.17, 15) is 9.90 Å². The monoisotopic (exact) mass is 539 g/mol. The first-order chi connectivity index (χ1) is 19.3. The Morgan fingerprint density at radius 2 is 2.02 bits per heavy atom. The molecular weight excluding hydrogens is 506 g/mol. The minimum atomic E-state index is -1.14. The van der Waals surface area contributed by atoms with Crippen molar-refractivity contribution in [2.75, 3.05) is 18.4 Å². The lowest BCUT2D eigenvalue weighted by Gasteiger charge is -2.52. The molecule has 0 aliphatic carbocycles. The lowest BCUT2D eigenvalue weighted by molar-refractivity contribution is -0.0671. The van der Waals surface area contributed by atoms with Crippen molar-refractivity contribution in [1.29, 1.82) is 0 Å². The highest BCUT2D eigenvalue weighted by Crippen LogP contribution is 2.42. The molecule has 206 valence electrons. The van der Waals surface area contributed by atoms with Gasteiger partial charge >= 0.3 is 0 Å². The van der Waals surface area contributed by atoms with E-state index in [2.05, 4.69) is 32.8 Å². The molecule has 0 radical (unpaired) electrons. The summed E-state index contributed by atoms with van der Waals surface area (Å²) in [7, 11) is 0. The van der Waals surface area contributed by atoms with E-state index in [0.29, 0.717) is 46.6 Å². The number of aromatic nitrogens is 5. The molecule has 4 aromatic rings. The van der Waals surface area contributed by atoms with Crippen LogP contribution in [0.2, 0.25) is 0 Å². The van der Waals surface area contributed by atoms with Crippen LogP contribution in [0.3, 0.4) is 0 Å². The van der Waals surface area contributed by atoms with Crippen molar-refractivity contribution in [1.82, 2.24) is 29.2 Å². The van der Waals surface area contributed by atoms with E-state index in [4.69, 9.17) is 9.72 Å². The molecule has 2 N–H and O–H groups in total. The Balaban J connectivity index is 1.25. The average Bonchev–Trinajstić information content (AvgIpc) is 3.23. The van der Waals surface area contributed by atoms with Gasteiger partial charge in [0.1, 0.15) is 22.8 Å². The molecule has 2 bridgehead atoms. The Bertz CT molecular complexity index is 1680. The molecule has 4 aliphatic heterocycles. The van der Waals surface area contributed by atoms with Crippen LogP contribution in [0.1, 0.15) is 37.9 Å². The molecule has 1 aromatic carbocycles. The quantitative estimate of drug-likeness (QED) is 0.358. The molecule has 10 heteroatoms. The van der Waals surface area contributed by atoms with Crippen molar-refractivity contribution in [3.63, 3.8) is 0 Å². The molecule has 10 nitrogen and oxygen atoms in total. The predicted molar refractivity (Wildman–Crippen MR) is 152 cm³/mol. The molecule has 3 saturated heterocycles. The summed E-state index contributed by atoms with van der Waals surface area (Å²) in [6.45, 7) is 9.75. The van der Waals surface area contributed by atoms with Crippen LogP contribution >= 0.6 is 0 Å². The summed E-state index contributed by atoms with van der Waals surface area (Å²) in [5.74, 6) is 2.46. The molecule has 7 heterocycles. The summed E-state index contributed by atoms with van der Waals surface area (Å²) in [6.07, 6.45) is 6.91. The van der Waals surface area contributed by atoms with E-state index in [1.165, 1.54) is 23.1 Å². The average molecular weight is 540 g/mol. The van der Waals surface area contributed by atoms with Crippen LogP contribution in [0.25, 0.3) is 16.9 Å². The minimum absolute atomic E-state index is 0.242. The SMILES string of the molecule is C=CCn1c(=O)c2cnc(Nc3ccc4c(c3)CC3C(O4)C4CCN3CC4)nc2n1-c1cccc(C(C)(C)O)n1. The van der Waals surface area contributed by atoms with Gasteiger partial charge in [0, 0.05) is 11.9 Å². The number of allylic oxidation sites excluding steroid dienone is 1. The second-order valence-corrected chi connectivity index (χ2v) is 11.5. The third kappa shape index (κ3) is 4.10. The van der Waals surface area contributed by atoms with Crippen molar-refractivity contribution in [3.8, 4) is 11.6 Å². The third-order valence-corrected chi connectivity index (χ3v) is 8.45. The highest BCUT2D eigenvalue weighted by molar-refractivity contribution is 5.77. The number of anilines is 2. The van der Waals surface area contributed by atoms with Crippen LogP contribution in [0.15, 0.2) is 60.0 Å². The summed E-state index contributed by atoms with van der Waals surface area (Å²) < 4.78 is 9.68. The molecule has 8 rings (SSSR count). The number of fused-ring (bicyclic) bond motifs is 4. The summed E-state index contributed by atoms with van der Waals surface area (Å²) >= 11 is 0. The molecular formula is C30H33N7O3. The number of hydrogen-bond donors (Lipinski definition) is 2. The largest absolute Gasteiger partial charge is 0.488 e. The summed E-state index contributed by atoms with van der Waals surface area (Å²) in [5, 5.41) is 14.2. The van der Waals surface area contributed by atoms with Gasteiger partial charge < -0.3 is 15.2 Å². The number of rotatable bonds is 6. The van der Waals surface area contributed by atoms with E-state index in [1.807, 2.05) is 12.1 Å². The maximum absolute atomic E-state index is 13.3. The minimum Gasteiger partial charge on any atom is -0.488 e. The zero-order chi connectivity index (χ0) is 27.6. The Kier molecular flexibility index (Phi) is 5.79. The number of nitrogens with zero attached hydrogens (tertiary/aromatic N) is 6. The first kappa shape index (κ1) is 25.0. The van der Waals surface area contributed by atoms with Crippen LogP contribution < -0.4 is 15.6 Å². The van der Waals surface area contributed by atoms with Crippen LogP contribution in [0, 0.1) is 5.92 Å². The molecule has 2 unspecified atom stereocenters. The van der Waals surface area contributed by atoms with Crippen molar-refractivity contribution < 1.29 is 9.84 Å². The van der Waals surface area contributed by atoms with Gasteiger partial charge in [0.05, 0.1) is 18.3 Å². The number of aliphatic hydroxyl groups is 1. The Morgan fingerprint density at radius 3 is 2.80 bits per heavy atom. The molecule has 3 aromatic heterocycles. The number of nitrogens with one attached hydrogen (secondary N) is 1. The van der Waals surface area contributed by atoms with E-state index in [-0.39, 0.29) is 12.1 Å². The van der Waals surface area contributed by atoms with Crippen LogP contribution in [0.4, 0.5) is 11.6 Å². The summed E-state index contributed by atoms with van der Waals surface area (Å²) in [4.78, 5) is 29.7. The van der Waals surface area contributed by atoms with Gasteiger partial charge in [0.2, 0.25) is 5.95 Å². The molecule has 0 spiro atoms. The fraction of sp³-hybridized carbons (Fsp3) is 0.400. The highest BCUT2D eigenvalue weighted by Gasteiger charge is 2.46. The van der Waals surface area contributed by atoms with Gasteiger partial charge in [0.25, 0.3) is 5.56 Å². The predicted octanol–water partition coefficient (Wildman–Crippen LogP) is 3.53. The van der Waals surface area contributed by atoms with Crippen molar-refractivity contribution in [2.45, 2.75) is 57.4 Å². The molecule has 0 amide bonds. The standard InChI is InChI=1S/C30H33N7O3/c1-4-12-36-28(38)21-17-31-29(34-27(21)37(36)25-7-5-6-24(33-25)30(2,3)39)32-20-8-9-23-19(15-20)16-22-26(40-23)18-10-13-35(22)14-11-18/h4-9,15,17-18,22,26,39H,1,10-14,16H2,2-3H3,(H,31,32,34). The lowest BCUT2D eigenvalue weighted by atomic mass is 9.77. The number of benzene rings is 1. The fourth-order valence-corrected chi connectivity index (χ4v) is 6.44.